The van der Waals surface area contributed by atoms with Gasteiger partial charge in [0.25, 0.3) is 11.6 Å². The van der Waals surface area contributed by atoms with E-state index in [-0.39, 0.29) is 11.3 Å². The molecule has 0 aliphatic carbocycles. The van der Waals surface area contributed by atoms with E-state index in [9.17, 15) is 32.5 Å². The summed E-state index contributed by atoms with van der Waals surface area (Å²) in [5, 5.41) is 15.4. The number of hydrogen-bond donors (Lipinski definition) is 2. The van der Waals surface area contributed by atoms with Gasteiger partial charge in [-0.25, -0.2) is 9.07 Å². The maximum atomic E-state index is 13.1. The van der Waals surface area contributed by atoms with Crippen molar-refractivity contribution in [2.75, 3.05) is 5.43 Å². The van der Waals surface area contributed by atoms with Crippen LogP contribution in [0.2, 0.25) is 0 Å². The quantitative estimate of drug-likeness (QED) is 0.352. The third-order valence-corrected chi connectivity index (χ3v) is 4.42. The molecule has 0 saturated carbocycles. The number of amides is 1. The monoisotopic (exact) mass is 437 g/mol. The van der Waals surface area contributed by atoms with Crippen LogP contribution in [0.1, 0.15) is 27.3 Å². The molecule has 0 spiro atoms. The molecule has 0 atom stereocenters. The first-order valence-electron chi connectivity index (χ1n) is 8.73. The van der Waals surface area contributed by atoms with Gasteiger partial charge in [0, 0.05) is 6.07 Å². The molecule has 0 unspecified atom stereocenters. The van der Waals surface area contributed by atoms with E-state index >= 15 is 0 Å². The second-order valence-electron chi connectivity index (χ2n) is 6.50. The Kier molecular flexibility index (Phi) is 5.64. The number of nitrogens with zero attached hydrogens (tertiary/aromatic N) is 3. The van der Waals surface area contributed by atoms with Crippen LogP contribution < -0.4 is 10.9 Å². The van der Waals surface area contributed by atoms with Crippen LogP contribution in [-0.2, 0) is 6.18 Å². The van der Waals surface area contributed by atoms with Crippen LogP contribution in [0.25, 0.3) is 5.69 Å². The molecule has 1 amide bonds. The molecule has 1 heterocycles. The maximum absolute atomic E-state index is 13.1. The van der Waals surface area contributed by atoms with Crippen molar-refractivity contribution in [3.05, 3.63) is 80.9 Å². The number of hydrazine groups is 1. The summed E-state index contributed by atoms with van der Waals surface area (Å²) in [4.78, 5) is 22.8. The van der Waals surface area contributed by atoms with Crippen molar-refractivity contribution in [1.29, 1.82) is 0 Å². The normalized spacial score (nSPS) is 11.3. The van der Waals surface area contributed by atoms with Crippen molar-refractivity contribution in [3.63, 3.8) is 0 Å². The van der Waals surface area contributed by atoms with Gasteiger partial charge in [0.2, 0.25) is 0 Å². The van der Waals surface area contributed by atoms with Crippen LogP contribution in [0.4, 0.5) is 28.9 Å². The summed E-state index contributed by atoms with van der Waals surface area (Å²) in [5.41, 5.74) is 3.53. The average molecular weight is 437 g/mol. The van der Waals surface area contributed by atoms with Gasteiger partial charge in [-0.1, -0.05) is 0 Å². The highest BCUT2D eigenvalue weighted by molar-refractivity contribution is 5.97. The number of nitro groups is 1. The Morgan fingerprint density at radius 1 is 1.13 bits per heavy atom. The number of hydrogen-bond acceptors (Lipinski definition) is 5. The fourth-order valence-corrected chi connectivity index (χ4v) is 2.96. The molecule has 2 N–H and O–H groups in total. The number of nitro benzene ring substituents is 1. The molecule has 8 nitrogen and oxygen atoms in total. The molecule has 0 aliphatic rings. The lowest BCUT2D eigenvalue weighted by Crippen LogP contribution is -2.30. The minimum Gasteiger partial charge on any atom is -0.292 e. The zero-order valence-corrected chi connectivity index (χ0v) is 16.1. The number of anilines is 1. The first-order chi connectivity index (χ1) is 14.5. The number of nitrogens with one attached hydrogen (secondary N) is 2. The van der Waals surface area contributed by atoms with Crippen LogP contribution in [0.5, 0.6) is 0 Å². The van der Waals surface area contributed by atoms with Gasteiger partial charge in [0.1, 0.15) is 11.5 Å². The summed E-state index contributed by atoms with van der Waals surface area (Å²) in [5.74, 6) is -1.15. The highest BCUT2D eigenvalue weighted by Gasteiger charge is 2.33. The number of aromatic nitrogens is 2. The standard InChI is InChI=1S/C19H15F4N5O3/c1-10-17(11(2)27(26-10)14-6-4-13(20)5-7-14)18(29)25-24-15-8-3-12(19(21,22)23)9-16(15)28(30)31/h3-9,24H,1-2H3,(H,25,29). The second kappa shape index (κ2) is 8.05. The van der Waals surface area contributed by atoms with Gasteiger partial charge in [-0.15, -0.1) is 0 Å². The van der Waals surface area contributed by atoms with E-state index in [1.54, 1.807) is 13.8 Å². The van der Waals surface area contributed by atoms with E-state index < -0.39 is 34.1 Å². The first kappa shape index (κ1) is 21.7. The number of carbonyl (C=O) groups excluding carboxylic acids is 1. The summed E-state index contributed by atoms with van der Waals surface area (Å²) in [7, 11) is 0. The third-order valence-electron chi connectivity index (χ3n) is 4.42. The molecule has 0 bridgehead atoms. The molecule has 31 heavy (non-hydrogen) atoms. The summed E-state index contributed by atoms with van der Waals surface area (Å²) >= 11 is 0. The maximum Gasteiger partial charge on any atom is 0.416 e. The molecule has 3 aromatic rings. The summed E-state index contributed by atoms with van der Waals surface area (Å²) in [6.07, 6.45) is -4.75. The number of rotatable bonds is 5. The number of alkyl halides is 3. The number of halogens is 4. The Balaban J connectivity index is 1.85. The second-order valence-corrected chi connectivity index (χ2v) is 6.50. The lowest BCUT2D eigenvalue weighted by molar-refractivity contribution is -0.384. The van der Waals surface area contributed by atoms with Crippen LogP contribution in [-0.4, -0.2) is 20.6 Å². The molecule has 2 aromatic carbocycles. The minimum absolute atomic E-state index is 0.145. The summed E-state index contributed by atoms with van der Waals surface area (Å²) in [6, 6.07) is 7.29. The van der Waals surface area contributed by atoms with Gasteiger partial charge < -0.3 is 0 Å². The predicted octanol–water partition coefficient (Wildman–Crippen LogP) is 4.31. The molecule has 3 rings (SSSR count). The smallest absolute Gasteiger partial charge is 0.292 e. The van der Waals surface area contributed by atoms with Crippen molar-refractivity contribution >= 4 is 17.3 Å². The van der Waals surface area contributed by atoms with Crippen molar-refractivity contribution in [3.8, 4) is 5.69 Å². The molecule has 12 heteroatoms. The van der Waals surface area contributed by atoms with Gasteiger partial charge >= 0.3 is 6.18 Å². The van der Waals surface area contributed by atoms with E-state index in [1.165, 1.54) is 28.9 Å². The Morgan fingerprint density at radius 3 is 2.35 bits per heavy atom. The fraction of sp³-hybridized carbons (Fsp3) is 0.158. The Morgan fingerprint density at radius 2 is 1.77 bits per heavy atom. The Bertz CT molecular complexity index is 1160. The summed E-state index contributed by atoms with van der Waals surface area (Å²) < 4.78 is 53.0. The van der Waals surface area contributed by atoms with E-state index in [1.807, 2.05) is 0 Å². The van der Waals surface area contributed by atoms with Gasteiger partial charge in [-0.2, -0.15) is 18.3 Å². The highest BCUT2D eigenvalue weighted by Crippen LogP contribution is 2.34. The van der Waals surface area contributed by atoms with E-state index in [2.05, 4.69) is 16.0 Å². The van der Waals surface area contributed by atoms with Gasteiger partial charge in [-0.3, -0.25) is 25.8 Å². The molecule has 0 aliphatic heterocycles. The first-order valence-corrected chi connectivity index (χ1v) is 8.73. The minimum atomic E-state index is -4.75. The zero-order chi connectivity index (χ0) is 22.9. The van der Waals surface area contributed by atoms with Crippen molar-refractivity contribution < 1.29 is 27.3 Å². The van der Waals surface area contributed by atoms with Crippen molar-refractivity contribution in [1.82, 2.24) is 15.2 Å². The summed E-state index contributed by atoms with van der Waals surface area (Å²) in [6.45, 7) is 3.15. The number of carbonyl (C=O) groups is 1. The van der Waals surface area contributed by atoms with E-state index in [0.717, 1.165) is 6.07 Å². The van der Waals surface area contributed by atoms with E-state index in [4.69, 9.17) is 0 Å². The number of aryl methyl sites for hydroxylation is 1. The van der Waals surface area contributed by atoms with Gasteiger partial charge in [0.15, 0.2) is 0 Å². The molecule has 1 aromatic heterocycles. The van der Waals surface area contributed by atoms with Gasteiger partial charge in [-0.05, 0) is 50.2 Å². The van der Waals surface area contributed by atoms with E-state index in [0.29, 0.717) is 29.2 Å². The highest BCUT2D eigenvalue weighted by atomic mass is 19.4. The molecular weight excluding hydrogens is 422 g/mol. The molecular formula is C19H15F4N5O3. The zero-order valence-electron chi connectivity index (χ0n) is 16.1. The molecule has 0 fully saturated rings. The van der Waals surface area contributed by atoms with Crippen LogP contribution in [0.3, 0.4) is 0 Å². The predicted molar refractivity (Wildman–Crippen MR) is 102 cm³/mol. The lowest BCUT2D eigenvalue weighted by Gasteiger charge is -2.12. The van der Waals surface area contributed by atoms with Gasteiger partial charge in [0.05, 0.1) is 33.1 Å². The molecule has 0 saturated heterocycles. The van der Waals surface area contributed by atoms with Crippen molar-refractivity contribution in [2.24, 2.45) is 0 Å². The fourth-order valence-electron chi connectivity index (χ4n) is 2.96. The Labute approximate surface area is 172 Å². The topological polar surface area (TPSA) is 102 Å². The SMILES string of the molecule is Cc1nn(-c2ccc(F)cc2)c(C)c1C(=O)NNc1ccc(C(F)(F)F)cc1[N+](=O)[O-]. The lowest BCUT2D eigenvalue weighted by atomic mass is 10.1. The van der Waals surface area contributed by atoms with Crippen LogP contribution >= 0.6 is 0 Å². The average Bonchev–Trinajstić information content (AvgIpc) is 3.00. The van der Waals surface area contributed by atoms with Crippen LogP contribution in [0, 0.1) is 29.8 Å². The molecule has 162 valence electrons. The van der Waals surface area contributed by atoms with Crippen LogP contribution in [0.15, 0.2) is 42.5 Å². The number of benzene rings is 2. The Hall–Kier alpha value is -3.96. The molecule has 0 radical (unpaired) electrons. The largest absolute Gasteiger partial charge is 0.416 e. The third kappa shape index (κ3) is 4.47. The van der Waals surface area contributed by atoms with Crippen molar-refractivity contribution in [2.45, 2.75) is 20.0 Å².